The lowest BCUT2D eigenvalue weighted by Gasteiger charge is -2.34. The van der Waals surface area contributed by atoms with E-state index in [-0.39, 0.29) is 11.8 Å². The minimum atomic E-state index is -0.0835. The van der Waals surface area contributed by atoms with Crippen LogP contribution < -0.4 is 10.2 Å². The Morgan fingerprint density at radius 2 is 1.88 bits per heavy atom. The van der Waals surface area contributed by atoms with Gasteiger partial charge in [0.1, 0.15) is 0 Å². The maximum Gasteiger partial charge on any atom is 0.223 e. The van der Waals surface area contributed by atoms with Gasteiger partial charge in [0.2, 0.25) is 11.8 Å². The fraction of sp³-hybridized carbons (Fsp3) is 0.389. The van der Waals surface area contributed by atoms with Crippen LogP contribution in [0.3, 0.4) is 0 Å². The first-order valence-corrected chi connectivity index (χ1v) is 9.28. The zero-order valence-corrected chi connectivity index (χ0v) is 15.1. The van der Waals surface area contributed by atoms with Crippen molar-refractivity contribution in [3.05, 3.63) is 41.4 Å². The number of carbonyl (C=O) groups is 2. The van der Waals surface area contributed by atoms with Gasteiger partial charge in [-0.1, -0.05) is 12.1 Å². The van der Waals surface area contributed by atoms with E-state index in [9.17, 15) is 9.59 Å². The van der Waals surface area contributed by atoms with Crippen LogP contribution in [-0.4, -0.2) is 47.9 Å². The molecular formula is C18H22N4O2S. The van der Waals surface area contributed by atoms with E-state index in [1.165, 1.54) is 6.92 Å². The Bertz CT molecular complexity index is 707. The van der Waals surface area contributed by atoms with E-state index in [1.807, 2.05) is 40.7 Å². The molecule has 1 N–H and O–H groups in total. The number of nitrogens with one attached hydrogen (secondary N) is 1. The molecule has 6 nitrogen and oxygen atoms in total. The standard InChI is InChI=1S/C18H22N4O2S/c1-14(23)20-16-5-2-15(3-6-16)4-7-17(24)21-9-11-22(12-10-21)18-19-8-13-25-18/h2-3,5-6,8,13H,4,7,9-12H2,1H3,(H,20,23). The topological polar surface area (TPSA) is 65.5 Å². The van der Waals surface area contributed by atoms with Crippen molar-refractivity contribution in [1.29, 1.82) is 0 Å². The quantitative estimate of drug-likeness (QED) is 0.891. The second kappa shape index (κ2) is 8.11. The van der Waals surface area contributed by atoms with Crippen LogP contribution in [0.1, 0.15) is 18.9 Å². The molecule has 25 heavy (non-hydrogen) atoms. The molecule has 2 heterocycles. The van der Waals surface area contributed by atoms with Crippen molar-refractivity contribution < 1.29 is 9.59 Å². The molecule has 1 fully saturated rings. The van der Waals surface area contributed by atoms with Gasteiger partial charge in [0.25, 0.3) is 0 Å². The highest BCUT2D eigenvalue weighted by molar-refractivity contribution is 7.13. The Morgan fingerprint density at radius 1 is 1.16 bits per heavy atom. The van der Waals surface area contributed by atoms with E-state index in [0.717, 1.165) is 42.6 Å². The molecule has 0 spiro atoms. The number of hydrogen-bond acceptors (Lipinski definition) is 5. The monoisotopic (exact) mass is 358 g/mol. The molecule has 1 aliphatic rings. The van der Waals surface area contributed by atoms with E-state index in [1.54, 1.807) is 11.3 Å². The van der Waals surface area contributed by atoms with Crippen molar-refractivity contribution in [2.24, 2.45) is 0 Å². The molecule has 1 saturated heterocycles. The Kier molecular flexibility index (Phi) is 5.65. The number of nitrogens with zero attached hydrogens (tertiary/aromatic N) is 3. The first kappa shape index (κ1) is 17.4. The van der Waals surface area contributed by atoms with Gasteiger partial charge in [-0.25, -0.2) is 4.98 Å². The summed E-state index contributed by atoms with van der Waals surface area (Å²) in [6, 6.07) is 7.65. The van der Waals surface area contributed by atoms with Gasteiger partial charge in [0.15, 0.2) is 5.13 Å². The normalized spacial score (nSPS) is 14.4. The SMILES string of the molecule is CC(=O)Nc1ccc(CCC(=O)N2CCN(c3nccs3)CC2)cc1. The van der Waals surface area contributed by atoms with Gasteiger partial charge in [-0.05, 0) is 24.1 Å². The number of amides is 2. The highest BCUT2D eigenvalue weighted by Gasteiger charge is 2.21. The number of aryl methyl sites for hydroxylation is 1. The van der Waals surface area contributed by atoms with Crippen LogP contribution in [0.4, 0.5) is 10.8 Å². The minimum Gasteiger partial charge on any atom is -0.345 e. The molecule has 7 heteroatoms. The van der Waals surface area contributed by atoms with Crippen molar-refractivity contribution in [3.63, 3.8) is 0 Å². The lowest BCUT2D eigenvalue weighted by Crippen LogP contribution is -2.48. The minimum absolute atomic E-state index is 0.0835. The molecule has 0 radical (unpaired) electrons. The number of aromatic nitrogens is 1. The van der Waals surface area contributed by atoms with Crippen LogP contribution >= 0.6 is 11.3 Å². The second-order valence-electron chi connectivity index (χ2n) is 6.06. The van der Waals surface area contributed by atoms with Crippen molar-refractivity contribution >= 4 is 34.0 Å². The number of piperazine rings is 1. The van der Waals surface area contributed by atoms with Crippen LogP contribution in [0, 0.1) is 0 Å². The summed E-state index contributed by atoms with van der Waals surface area (Å²) in [4.78, 5) is 31.9. The molecule has 1 aromatic carbocycles. The average molecular weight is 358 g/mol. The highest BCUT2D eigenvalue weighted by Crippen LogP contribution is 2.19. The lowest BCUT2D eigenvalue weighted by molar-refractivity contribution is -0.131. The second-order valence-corrected chi connectivity index (χ2v) is 6.93. The average Bonchev–Trinajstić information content (AvgIpc) is 3.15. The maximum atomic E-state index is 12.4. The van der Waals surface area contributed by atoms with E-state index in [0.29, 0.717) is 12.8 Å². The van der Waals surface area contributed by atoms with Crippen molar-refractivity contribution in [2.45, 2.75) is 19.8 Å². The summed E-state index contributed by atoms with van der Waals surface area (Å²) in [5.74, 6) is 0.115. The third kappa shape index (κ3) is 4.79. The summed E-state index contributed by atoms with van der Waals surface area (Å²) in [5.41, 5.74) is 1.88. The van der Waals surface area contributed by atoms with Crippen molar-refractivity contribution in [2.75, 3.05) is 36.4 Å². The molecule has 0 atom stereocenters. The zero-order valence-electron chi connectivity index (χ0n) is 14.3. The largest absolute Gasteiger partial charge is 0.345 e. The van der Waals surface area contributed by atoms with Gasteiger partial charge in [0.05, 0.1) is 0 Å². The Labute approximate surface area is 151 Å². The molecule has 0 saturated carbocycles. The predicted molar refractivity (Wildman–Crippen MR) is 100.0 cm³/mol. The van der Waals surface area contributed by atoms with E-state index in [2.05, 4.69) is 15.2 Å². The third-order valence-corrected chi connectivity index (χ3v) is 5.06. The van der Waals surface area contributed by atoms with E-state index < -0.39 is 0 Å². The molecule has 1 aliphatic heterocycles. The van der Waals surface area contributed by atoms with Crippen molar-refractivity contribution in [1.82, 2.24) is 9.88 Å². The van der Waals surface area contributed by atoms with E-state index in [4.69, 9.17) is 0 Å². The maximum absolute atomic E-state index is 12.4. The number of rotatable bonds is 5. The fourth-order valence-electron chi connectivity index (χ4n) is 2.89. The molecule has 3 rings (SSSR count). The summed E-state index contributed by atoms with van der Waals surface area (Å²) in [6.07, 6.45) is 3.04. The third-order valence-electron chi connectivity index (χ3n) is 4.22. The number of thiazole rings is 1. The van der Waals surface area contributed by atoms with Gasteiger partial charge in [-0.2, -0.15) is 0 Å². The van der Waals surface area contributed by atoms with Crippen LogP contribution in [0.2, 0.25) is 0 Å². The Hall–Kier alpha value is -2.41. The fourth-order valence-corrected chi connectivity index (χ4v) is 3.58. The van der Waals surface area contributed by atoms with Gasteiger partial charge in [-0.15, -0.1) is 11.3 Å². The number of hydrogen-bond donors (Lipinski definition) is 1. The summed E-state index contributed by atoms with van der Waals surface area (Å²) < 4.78 is 0. The Balaban J connectivity index is 1.44. The summed E-state index contributed by atoms with van der Waals surface area (Å²) >= 11 is 1.64. The van der Waals surface area contributed by atoms with Gasteiger partial charge < -0.3 is 15.1 Å². The lowest BCUT2D eigenvalue weighted by atomic mass is 10.1. The summed E-state index contributed by atoms with van der Waals surface area (Å²) in [5, 5.41) is 5.75. The van der Waals surface area contributed by atoms with Gasteiger partial charge in [-0.3, -0.25) is 9.59 Å². The highest BCUT2D eigenvalue weighted by atomic mass is 32.1. The van der Waals surface area contributed by atoms with Crippen LogP contribution in [0.25, 0.3) is 0 Å². The Morgan fingerprint density at radius 3 is 2.48 bits per heavy atom. The molecule has 0 bridgehead atoms. The smallest absolute Gasteiger partial charge is 0.223 e. The molecular weight excluding hydrogens is 336 g/mol. The molecule has 2 aromatic rings. The van der Waals surface area contributed by atoms with Crippen LogP contribution in [-0.2, 0) is 16.0 Å². The number of benzene rings is 1. The van der Waals surface area contributed by atoms with Crippen molar-refractivity contribution in [3.8, 4) is 0 Å². The molecule has 2 amide bonds. The summed E-state index contributed by atoms with van der Waals surface area (Å²) in [7, 11) is 0. The number of anilines is 2. The molecule has 1 aromatic heterocycles. The number of carbonyl (C=O) groups excluding carboxylic acids is 2. The first-order valence-electron chi connectivity index (χ1n) is 8.40. The molecule has 0 aliphatic carbocycles. The summed E-state index contributed by atoms with van der Waals surface area (Å²) in [6.45, 7) is 4.66. The predicted octanol–water partition coefficient (Wildman–Crippen LogP) is 2.38. The van der Waals surface area contributed by atoms with Gasteiger partial charge >= 0.3 is 0 Å². The molecule has 132 valence electrons. The zero-order chi connectivity index (χ0) is 17.6. The first-order chi connectivity index (χ1) is 12.1. The molecule has 0 unspecified atom stereocenters. The van der Waals surface area contributed by atoms with Crippen LogP contribution in [0.5, 0.6) is 0 Å². The van der Waals surface area contributed by atoms with Crippen LogP contribution in [0.15, 0.2) is 35.8 Å². The van der Waals surface area contributed by atoms with E-state index >= 15 is 0 Å². The van der Waals surface area contributed by atoms with Gasteiger partial charge in [0, 0.05) is 56.8 Å².